The standard InChI is InChI=1S/C19H21ClO/c1-13-7-3-5-9-16(13)18-11-15(20)12-19(21-18)17-10-6-4-8-14(17)2/h3-10,15,18-19H,11-12H2,1-2H3/t15?,18-,19+. The second kappa shape index (κ2) is 6.21. The molecule has 110 valence electrons. The summed E-state index contributed by atoms with van der Waals surface area (Å²) >= 11 is 6.53. The number of halogens is 1. The molecule has 21 heavy (non-hydrogen) atoms. The topological polar surface area (TPSA) is 9.23 Å². The average Bonchev–Trinajstić information content (AvgIpc) is 2.47. The van der Waals surface area contributed by atoms with E-state index in [0.29, 0.717) is 0 Å². The van der Waals surface area contributed by atoms with Crippen molar-refractivity contribution in [1.29, 1.82) is 0 Å². The summed E-state index contributed by atoms with van der Waals surface area (Å²) < 4.78 is 6.41. The first-order chi connectivity index (χ1) is 10.1. The lowest BCUT2D eigenvalue weighted by Crippen LogP contribution is -2.24. The summed E-state index contributed by atoms with van der Waals surface area (Å²) in [5.41, 5.74) is 5.08. The highest BCUT2D eigenvalue weighted by molar-refractivity contribution is 6.20. The van der Waals surface area contributed by atoms with Crippen LogP contribution >= 0.6 is 11.6 Å². The molecule has 1 unspecified atom stereocenters. The Morgan fingerprint density at radius 1 is 0.810 bits per heavy atom. The van der Waals surface area contributed by atoms with E-state index in [0.717, 1.165) is 12.8 Å². The van der Waals surface area contributed by atoms with Crippen LogP contribution in [0.2, 0.25) is 0 Å². The molecule has 1 aliphatic heterocycles. The normalized spacial score (nSPS) is 25.8. The first-order valence-corrected chi connectivity index (χ1v) is 7.99. The highest BCUT2D eigenvalue weighted by atomic mass is 35.5. The van der Waals surface area contributed by atoms with Crippen molar-refractivity contribution in [3.05, 3.63) is 70.8 Å². The van der Waals surface area contributed by atoms with Gasteiger partial charge in [0.05, 0.1) is 12.2 Å². The minimum Gasteiger partial charge on any atom is -0.365 e. The van der Waals surface area contributed by atoms with E-state index in [1.165, 1.54) is 22.3 Å². The van der Waals surface area contributed by atoms with Gasteiger partial charge < -0.3 is 4.74 Å². The average molecular weight is 301 g/mol. The molecule has 0 saturated carbocycles. The Kier molecular flexibility index (Phi) is 4.32. The van der Waals surface area contributed by atoms with Gasteiger partial charge in [0, 0.05) is 5.38 Å². The maximum Gasteiger partial charge on any atom is 0.0850 e. The van der Waals surface area contributed by atoms with Gasteiger partial charge in [-0.3, -0.25) is 0 Å². The lowest BCUT2D eigenvalue weighted by molar-refractivity contribution is -0.0522. The monoisotopic (exact) mass is 300 g/mol. The van der Waals surface area contributed by atoms with Crippen molar-refractivity contribution < 1.29 is 4.74 Å². The van der Waals surface area contributed by atoms with Crippen molar-refractivity contribution in [3.8, 4) is 0 Å². The minimum atomic E-state index is 0.0899. The van der Waals surface area contributed by atoms with Gasteiger partial charge in [-0.15, -0.1) is 11.6 Å². The van der Waals surface area contributed by atoms with Crippen molar-refractivity contribution in [2.24, 2.45) is 0 Å². The second-order valence-electron chi connectivity index (χ2n) is 5.90. The molecule has 1 saturated heterocycles. The van der Waals surface area contributed by atoms with Gasteiger partial charge in [0.1, 0.15) is 0 Å². The summed E-state index contributed by atoms with van der Waals surface area (Å²) in [6.45, 7) is 4.28. The highest BCUT2D eigenvalue weighted by Gasteiger charge is 2.31. The zero-order valence-corrected chi connectivity index (χ0v) is 13.3. The van der Waals surface area contributed by atoms with Gasteiger partial charge in [0.15, 0.2) is 0 Å². The van der Waals surface area contributed by atoms with Crippen LogP contribution in [0.15, 0.2) is 48.5 Å². The van der Waals surface area contributed by atoms with Crippen molar-refractivity contribution in [2.75, 3.05) is 0 Å². The Balaban J connectivity index is 1.89. The van der Waals surface area contributed by atoms with Crippen LogP contribution in [0, 0.1) is 13.8 Å². The summed E-state index contributed by atoms with van der Waals surface area (Å²) in [7, 11) is 0. The van der Waals surface area contributed by atoms with Gasteiger partial charge in [-0.2, -0.15) is 0 Å². The largest absolute Gasteiger partial charge is 0.365 e. The number of aryl methyl sites for hydroxylation is 2. The molecule has 2 aromatic carbocycles. The van der Waals surface area contributed by atoms with Crippen molar-refractivity contribution >= 4 is 11.6 Å². The van der Waals surface area contributed by atoms with Gasteiger partial charge in [-0.1, -0.05) is 48.5 Å². The van der Waals surface area contributed by atoms with Crippen molar-refractivity contribution in [2.45, 2.75) is 44.3 Å². The molecule has 3 atom stereocenters. The summed E-state index contributed by atoms with van der Waals surface area (Å²) in [6.07, 6.45) is 1.95. The van der Waals surface area contributed by atoms with Crippen LogP contribution in [0.5, 0.6) is 0 Å². The van der Waals surface area contributed by atoms with Crippen LogP contribution in [0.25, 0.3) is 0 Å². The van der Waals surface area contributed by atoms with E-state index in [4.69, 9.17) is 16.3 Å². The lowest BCUT2D eigenvalue weighted by atomic mass is 9.91. The van der Waals surface area contributed by atoms with E-state index in [1.807, 2.05) is 0 Å². The molecule has 2 aromatic rings. The van der Waals surface area contributed by atoms with Crippen LogP contribution in [0.3, 0.4) is 0 Å². The predicted octanol–water partition coefficient (Wildman–Crippen LogP) is 5.50. The Labute approximate surface area is 131 Å². The zero-order chi connectivity index (χ0) is 14.8. The third-order valence-corrected chi connectivity index (χ3v) is 4.70. The Bertz CT molecular complexity index is 569. The Morgan fingerprint density at radius 3 is 1.67 bits per heavy atom. The van der Waals surface area contributed by atoms with Crippen LogP contribution in [0.1, 0.15) is 47.3 Å². The third kappa shape index (κ3) is 3.14. The Hall–Kier alpha value is -1.31. The molecule has 1 heterocycles. The van der Waals surface area contributed by atoms with E-state index in [9.17, 15) is 0 Å². The molecule has 0 N–H and O–H groups in total. The fourth-order valence-electron chi connectivity index (χ4n) is 3.17. The first kappa shape index (κ1) is 14.6. The maximum absolute atomic E-state index is 6.53. The molecule has 0 bridgehead atoms. The van der Waals surface area contributed by atoms with Crippen molar-refractivity contribution in [3.63, 3.8) is 0 Å². The molecule has 0 amide bonds. The fourth-order valence-corrected chi connectivity index (χ4v) is 3.49. The summed E-state index contributed by atoms with van der Waals surface area (Å²) in [4.78, 5) is 0. The van der Waals surface area contributed by atoms with Gasteiger partial charge in [0.25, 0.3) is 0 Å². The summed E-state index contributed by atoms with van der Waals surface area (Å²) in [5, 5.41) is 0.160. The Morgan fingerprint density at radius 2 is 1.24 bits per heavy atom. The first-order valence-electron chi connectivity index (χ1n) is 7.55. The van der Waals surface area contributed by atoms with Crippen LogP contribution in [0.4, 0.5) is 0 Å². The second-order valence-corrected chi connectivity index (χ2v) is 6.51. The number of alkyl halides is 1. The molecule has 1 aliphatic rings. The molecule has 0 aromatic heterocycles. The molecule has 1 nitrogen and oxygen atoms in total. The molecular formula is C19H21ClO. The van der Waals surface area contributed by atoms with Gasteiger partial charge in [-0.25, -0.2) is 0 Å². The smallest absolute Gasteiger partial charge is 0.0850 e. The molecule has 0 spiro atoms. The maximum atomic E-state index is 6.53. The predicted molar refractivity (Wildman–Crippen MR) is 87.8 cm³/mol. The third-order valence-electron chi connectivity index (χ3n) is 4.34. The lowest BCUT2D eigenvalue weighted by Gasteiger charge is -2.34. The molecular weight excluding hydrogens is 280 g/mol. The van der Waals surface area contributed by atoms with Crippen LogP contribution in [-0.2, 0) is 4.74 Å². The van der Waals surface area contributed by atoms with E-state index in [1.54, 1.807) is 0 Å². The van der Waals surface area contributed by atoms with Gasteiger partial charge in [0.2, 0.25) is 0 Å². The number of ether oxygens (including phenoxy) is 1. The van der Waals surface area contributed by atoms with E-state index in [2.05, 4.69) is 62.4 Å². The quantitative estimate of drug-likeness (QED) is 0.665. The summed E-state index contributed by atoms with van der Waals surface area (Å²) in [6, 6.07) is 16.9. The number of benzene rings is 2. The van der Waals surface area contributed by atoms with E-state index >= 15 is 0 Å². The van der Waals surface area contributed by atoms with Gasteiger partial charge >= 0.3 is 0 Å². The van der Waals surface area contributed by atoms with E-state index < -0.39 is 0 Å². The fraction of sp³-hybridized carbons (Fsp3) is 0.368. The van der Waals surface area contributed by atoms with Crippen LogP contribution < -0.4 is 0 Å². The molecule has 3 rings (SSSR count). The molecule has 0 aliphatic carbocycles. The van der Waals surface area contributed by atoms with Crippen LogP contribution in [-0.4, -0.2) is 5.38 Å². The molecule has 0 radical (unpaired) electrons. The zero-order valence-electron chi connectivity index (χ0n) is 12.6. The van der Waals surface area contributed by atoms with Gasteiger partial charge in [-0.05, 0) is 48.9 Å². The highest BCUT2D eigenvalue weighted by Crippen LogP contribution is 2.42. The molecule has 1 fully saturated rings. The molecule has 2 heteroatoms. The number of hydrogen-bond acceptors (Lipinski definition) is 1. The minimum absolute atomic E-state index is 0.0899. The number of rotatable bonds is 2. The summed E-state index contributed by atoms with van der Waals surface area (Å²) in [5.74, 6) is 0. The van der Waals surface area contributed by atoms with E-state index in [-0.39, 0.29) is 17.6 Å². The SMILES string of the molecule is Cc1ccccc1[C@@H]1CC(Cl)C[C@H](c2ccccc2C)O1. The number of hydrogen-bond donors (Lipinski definition) is 0. The van der Waals surface area contributed by atoms with Crippen molar-refractivity contribution in [1.82, 2.24) is 0 Å².